The van der Waals surface area contributed by atoms with E-state index in [-0.39, 0.29) is 6.04 Å². The van der Waals surface area contributed by atoms with Crippen molar-refractivity contribution in [1.82, 2.24) is 4.90 Å². The van der Waals surface area contributed by atoms with Crippen molar-refractivity contribution in [1.29, 1.82) is 0 Å². The molecule has 0 amide bonds. The average Bonchev–Trinajstić information content (AvgIpc) is 2.55. The van der Waals surface area contributed by atoms with E-state index in [1.54, 1.807) is 7.11 Å². The van der Waals surface area contributed by atoms with Gasteiger partial charge in [0.15, 0.2) is 0 Å². The fourth-order valence-corrected chi connectivity index (χ4v) is 2.53. The predicted octanol–water partition coefficient (Wildman–Crippen LogP) is 3.04. The Kier molecular flexibility index (Phi) is 5.93. The van der Waals surface area contributed by atoms with Gasteiger partial charge in [0.25, 0.3) is 0 Å². The molecule has 0 bridgehead atoms. The molecule has 3 nitrogen and oxygen atoms in total. The molecule has 0 fully saturated rings. The van der Waals surface area contributed by atoms with Gasteiger partial charge in [0.05, 0.1) is 18.8 Å². The number of nitrogens with zero attached hydrogens (tertiary/aromatic N) is 1. The lowest BCUT2D eigenvalue weighted by Gasteiger charge is -2.32. The molecule has 1 N–H and O–H groups in total. The number of methoxy groups -OCH3 is 1. The SMILES string of the molecule is COCCN(C)[C@H](c1ccccc1)[C@H](O)c1ccccc1. The molecule has 0 radical (unpaired) electrons. The van der Waals surface area contributed by atoms with Crippen molar-refractivity contribution in [3.63, 3.8) is 0 Å². The van der Waals surface area contributed by atoms with Crippen LogP contribution in [0.4, 0.5) is 0 Å². The van der Waals surface area contributed by atoms with Crippen LogP contribution in [0, 0.1) is 0 Å². The van der Waals surface area contributed by atoms with Crippen LogP contribution in [0.15, 0.2) is 60.7 Å². The Morgan fingerprint density at radius 3 is 2.00 bits per heavy atom. The second-order valence-electron chi connectivity index (χ2n) is 5.18. The number of rotatable bonds is 7. The molecule has 0 unspecified atom stereocenters. The van der Waals surface area contributed by atoms with E-state index < -0.39 is 6.10 Å². The van der Waals surface area contributed by atoms with Crippen LogP contribution >= 0.6 is 0 Å². The number of ether oxygens (including phenoxy) is 1. The summed E-state index contributed by atoms with van der Waals surface area (Å²) < 4.78 is 5.16. The minimum absolute atomic E-state index is 0.0938. The Hall–Kier alpha value is -1.68. The van der Waals surface area contributed by atoms with Gasteiger partial charge in [0.2, 0.25) is 0 Å². The first-order chi connectivity index (χ1) is 10.2. The molecule has 0 saturated heterocycles. The lowest BCUT2D eigenvalue weighted by atomic mass is 9.94. The number of benzene rings is 2. The normalized spacial score (nSPS) is 14.1. The summed E-state index contributed by atoms with van der Waals surface area (Å²) in [5.74, 6) is 0. The lowest BCUT2D eigenvalue weighted by Crippen LogP contribution is -2.32. The second kappa shape index (κ2) is 7.93. The van der Waals surface area contributed by atoms with Crippen molar-refractivity contribution in [2.24, 2.45) is 0 Å². The smallest absolute Gasteiger partial charge is 0.0986 e. The van der Waals surface area contributed by atoms with Crippen molar-refractivity contribution in [3.8, 4) is 0 Å². The summed E-state index contributed by atoms with van der Waals surface area (Å²) in [4.78, 5) is 2.14. The van der Waals surface area contributed by atoms with E-state index in [2.05, 4.69) is 17.0 Å². The van der Waals surface area contributed by atoms with Crippen LogP contribution in [0.1, 0.15) is 23.3 Å². The summed E-state index contributed by atoms with van der Waals surface area (Å²) in [5.41, 5.74) is 2.03. The molecule has 0 aliphatic rings. The number of likely N-dealkylation sites (N-methyl/N-ethyl adjacent to an activating group) is 1. The first kappa shape index (κ1) is 15.7. The molecule has 2 rings (SSSR count). The van der Waals surface area contributed by atoms with Crippen LogP contribution in [-0.2, 0) is 4.74 Å². The summed E-state index contributed by atoms with van der Waals surface area (Å²) in [7, 11) is 3.71. The summed E-state index contributed by atoms with van der Waals surface area (Å²) in [6, 6.07) is 19.8. The Morgan fingerprint density at radius 2 is 1.48 bits per heavy atom. The highest BCUT2D eigenvalue weighted by molar-refractivity contribution is 5.26. The highest BCUT2D eigenvalue weighted by Crippen LogP contribution is 2.32. The Morgan fingerprint density at radius 1 is 0.952 bits per heavy atom. The Balaban J connectivity index is 2.27. The molecule has 0 aromatic heterocycles. The molecule has 2 atom stereocenters. The third kappa shape index (κ3) is 4.14. The maximum atomic E-state index is 10.8. The summed E-state index contributed by atoms with van der Waals surface area (Å²) in [5, 5.41) is 10.8. The monoisotopic (exact) mass is 285 g/mol. The topological polar surface area (TPSA) is 32.7 Å². The number of hydrogen-bond donors (Lipinski definition) is 1. The molecule has 2 aromatic carbocycles. The van der Waals surface area contributed by atoms with Crippen molar-refractivity contribution < 1.29 is 9.84 Å². The molecule has 3 heteroatoms. The van der Waals surface area contributed by atoms with Crippen LogP contribution in [0.3, 0.4) is 0 Å². The van der Waals surface area contributed by atoms with E-state index in [4.69, 9.17) is 4.74 Å². The fourth-order valence-electron chi connectivity index (χ4n) is 2.53. The number of aliphatic hydroxyl groups is 1. The van der Waals surface area contributed by atoms with E-state index in [0.29, 0.717) is 6.61 Å². The van der Waals surface area contributed by atoms with Gasteiger partial charge in [-0.15, -0.1) is 0 Å². The Labute approximate surface area is 126 Å². The lowest BCUT2D eigenvalue weighted by molar-refractivity contribution is 0.0469. The first-order valence-corrected chi connectivity index (χ1v) is 7.21. The minimum Gasteiger partial charge on any atom is -0.386 e. The first-order valence-electron chi connectivity index (χ1n) is 7.21. The van der Waals surface area contributed by atoms with Crippen molar-refractivity contribution >= 4 is 0 Å². The van der Waals surface area contributed by atoms with Gasteiger partial charge in [-0.1, -0.05) is 60.7 Å². The quantitative estimate of drug-likeness (QED) is 0.848. The van der Waals surface area contributed by atoms with Crippen molar-refractivity contribution in [2.45, 2.75) is 12.1 Å². The van der Waals surface area contributed by atoms with Gasteiger partial charge < -0.3 is 9.84 Å². The molecular weight excluding hydrogens is 262 g/mol. The zero-order chi connectivity index (χ0) is 15.1. The van der Waals surface area contributed by atoms with Gasteiger partial charge in [-0.2, -0.15) is 0 Å². The summed E-state index contributed by atoms with van der Waals surface area (Å²) >= 11 is 0. The van der Waals surface area contributed by atoms with Crippen molar-refractivity contribution in [3.05, 3.63) is 71.8 Å². The number of hydrogen-bond acceptors (Lipinski definition) is 3. The maximum Gasteiger partial charge on any atom is 0.0986 e. The zero-order valence-electron chi connectivity index (χ0n) is 12.6. The standard InChI is InChI=1S/C18H23NO2/c1-19(13-14-21-2)17(15-9-5-3-6-10-15)18(20)16-11-7-4-8-12-16/h3-12,17-18,20H,13-14H2,1-2H3/t17-,18-/m1/s1. The summed E-state index contributed by atoms with van der Waals surface area (Å²) in [6.45, 7) is 1.40. The van der Waals surface area contributed by atoms with Crippen LogP contribution < -0.4 is 0 Å². The molecule has 21 heavy (non-hydrogen) atoms. The molecule has 0 spiro atoms. The van der Waals surface area contributed by atoms with Gasteiger partial charge in [-0.05, 0) is 18.2 Å². The third-order valence-corrected chi connectivity index (χ3v) is 3.70. The van der Waals surface area contributed by atoms with Crippen LogP contribution in [0.2, 0.25) is 0 Å². The van der Waals surface area contributed by atoms with Crippen molar-refractivity contribution in [2.75, 3.05) is 27.3 Å². The average molecular weight is 285 g/mol. The van der Waals surface area contributed by atoms with Crippen LogP contribution in [-0.4, -0.2) is 37.3 Å². The summed E-state index contributed by atoms with van der Waals surface area (Å²) in [6.07, 6.45) is -0.574. The fraction of sp³-hybridized carbons (Fsp3) is 0.333. The van der Waals surface area contributed by atoms with E-state index in [0.717, 1.165) is 17.7 Å². The molecule has 0 heterocycles. The van der Waals surface area contributed by atoms with Crippen LogP contribution in [0.5, 0.6) is 0 Å². The molecule has 0 aliphatic carbocycles. The van der Waals surface area contributed by atoms with Gasteiger partial charge in [-0.3, -0.25) is 4.90 Å². The minimum atomic E-state index is -0.574. The van der Waals surface area contributed by atoms with E-state index in [9.17, 15) is 5.11 Å². The maximum absolute atomic E-state index is 10.8. The van der Waals surface area contributed by atoms with E-state index in [1.165, 1.54) is 0 Å². The van der Waals surface area contributed by atoms with E-state index >= 15 is 0 Å². The van der Waals surface area contributed by atoms with Gasteiger partial charge >= 0.3 is 0 Å². The number of aliphatic hydroxyl groups excluding tert-OH is 1. The highest BCUT2D eigenvalue weighted by atomic mass is 16.5. The molecule has 2 aromatic rings. The largest absolute Gasteiger partial charge is 0.386 e. The molecule has 112 valence electrons. The second-order valence-corrected chi connectivity index (χ2v) is 5.18. The highest BCUT2D eigenvalue weighted by Gasteiger charge is 2.26. The Bertz CT molecular complexity index is 515. The molecule has 0 aliphatic heterocycles. The van der Waals surface area contributed by atoms with E-state index in [1.807, 2.05) is 55.6 Å². The molecule has 0 saturated carbocycles. The molecular formula is C18H23NO2. The van der Waals surface area contributed by atoms with Gasteiger partial charge in [0.1, 0.15) is 0 Å². The zero-order valence-corrected chi connectivity index (χ0v) is 12.6. The van der Waals surface area contributed by atoms with Crippen LogP contribution in [0.25, 0.3) is 0 Å². The third-order valence-electron chi connectivity index (χ3n) is 3.70. The predicted molar refractivity (Wildman–Crippen MR) is 85.1 cm³/mol. The van der Waals surface area contributed by atoms with Gasteiger partial charge in [0, 0.05) is 13.7 Å². The van der Waals surface area contributed by atoms with Gasteiger partial charge in [-0.25, -0.2) is 0 Å².